The molecule has 0 aliphatic carbocycles. The van der Waals surface area contributed by atoms with E-state index in [-0.39, 0.29) is 0 Å². The number of hydrogen-bond acceptors (Lipinski definition) is 4. The summed E-state index contributed by atoms with van der Waals surface area (Å²) in [6.45, 7) is 6.15. The van der Waals surface area contributed by atoms with Crippen molar-refractivity contribution in [2.24, 2.45) is 0 Å². The van der Waals surface area contributed by atoms with Crippen LogP contribution in [0.25, 0.3) is 0 Å². The van der Waals surface area contributed by atoms with Crippen LogP contribution in [-0.2, 0) is 6.42 Å². The number of aromatic nitrogens is 2. The molecule has 1 unspecified atom stereocenters. The van der Waals surface area contributed by atoms with Crippen molar-refractivity contribution in [1.82, 2.24) is 9.97 Å². The zero-order valence-electron chi connectivity index (χ0n) is 9.34. The summed E-state index contributed by atoms with van der Waals surface area (Å²) in [6, 6.07) is 0.322. The predicted molar refractivity (Wildman–Crippen MR) is 64.2 cm³/mol. The van der Waals surface area contributed by atoms with Crippen LogP contribution in [0.15, 0.2) is 0 Å². The molecule has 0 aliphatic heterocycles. The topological polar surface area (TPSA) is 63.8 Å². The van der Waals surface area contributed by atoms with Crippen molar-refractivity contribution in [3.8, 4) is 0 Å². The van der Waals surface area contributed by atoms with Crippen LogP contribution in [0, 0.1) is 0 Å². The third-order valence-electron chi connectivity index (χ3n) is 2.26. The maximum absolute atomic E-state index is 5.91. The number of halogens is 1. The van der Waals surface area contributed by atoms with Crippen LogP contribution in [0.1, 0.15) is 33.0 Å². The Balaban J connectivity index is 2.99. The van der Waals surface area contributed by atoms with Gasteiger partial charge in [0.1, 0.15) is 11.5 Å². The fraction of sp³-hybridized carbons (Fsp3) is 0.600. The zero-order chi connectivity index (χ0) is 11.4. The van der Waals surface area contributed by atoms with E-state index in [1.54, 1.807) is 0 Å². The van der Waals surface area contributed by atoms with Gasteiger partial charge in [-0.05, 0) is 13.3 Å². The molecular formula is C10H17ClN4. The molecule has 0 aliphatic rings. The summed E-state index contributed by atoms with van der Waals surface area (Å²) in [7, 11) is 0. The fourth-order valence-corrected chi connectivity index (χ4v) is 1.28. The maximum Gasteiger partial charge on any atom is 0.157 e. The molecule has 0 saturated carbocycles. The number of anilines is 2. The van der Waals surface area contributed by atoms with Crippen LogP contribution >= 0.6 is 11.6 Å². The molecule has 1 atom stereocenters. The van der Waals surface area contributed by atoms with Gasteiger partial charge < -0.3 is 11.1 Å². The minimum absolute atomic E-state index is 0.322. The van der Waals surface area contributed by atoms with Gasteiger partial charge in [-0.3, -0.25) is 0 Å². The largest absolute Gasteiger partial charge is 0.393 e. The number of nitrogens with zero attached hydrogens (tertiary/aromatic N) is 2. The van der Waals surface area contributed by atoms with Crippen LogP contribution in [0.4, 0.5) is 11.5 Å². The van der Waals surface area contributed by atoms with Crippen LogP contribution in [0.5, 0.6) is 0 Å². The number of rotatable bonds is 4. The highest BCUT2D eigenvalue weighted by molar-refractivity contribution is 6.32. The summed E-state index contributed by atoms with van der Waals surface area (Å²) in [4.78, 5) is 8.38. The highest BCUT2D eigenvalue weighted by atomic mass is 35.5. The van der Waals surface area contributed by atoms with Gasteiger partial charge in [-0.15, -0.1) is 0 Å². The monoisotopic (exact) mass is 228 g/mol. The fourth-order valence-electron chi connectivity index (χ4n) is 1.09. The molecule has 0 aromatic carbocycles. The molecule has 1 aromatic rings. The van der Waals surface area contributed by atoms with Gasteiger partial charge >= 0.3 is 0 Å². The molecule has 0 amide bonds. The molecule has 1 heterocycles. The van der Waals surface area contributed by atoms with E-state index in [1.165, 1.54) is 0 Å². The Bertz CT molecular complexity index is 340. The smallest absolute Gasteiger partial charge is 0.157 e. The average molecular weight is 229 g/mol. The molecule has 0 spiro atoms. The lowest BCUT2D eigenvalue weighted by molar-refractivity contribution is 0.756. The van der Waals surface area contributed by atoms with E-state index >= 15 is 0 Å². The highest BCUT2D eigenvalue weighted by Crippen LogP contribution is 2.24. The molecule has 4 nitrogen and oxygen atoms in total. The SMILES string of the molecule is CCc1nc(Cl)c(N)c(NC(C)CC)n1. The minimum Gasteiger partial charge on any atom is -0.393 e. The van der Waals surface area contributed by atoms with Crippen molar-refractivity contribution in [3.05, 3.63) is 11.0 Å². The molecule has 0 radical (unpaired) electrons. The van der Waals surface area contributed by atoms with E-state index in [1.807, 2.05) is 6.92 Å². The van der Waals surface area contributed by atoms with Crippen LogP contribution in [0.3, 0.4) is 0 Å². The van der Waals surface area contributed by atoms with Gasteiger partial charge in [0.2, 0.25) is 0 Å². The van der Waals surface area contributed by atoms with E-state index in [0.29, 0.717) is 28.5 Å². The van der Waals surface area contributed by atoms with Gasteiger partial charge in [-0.25, -0.2) is 9.97 Å². The Morgan fingerprint density at radius 1 is 1.40 bits per heavy atom. The molecule has 3 N–H and O–H groups in total. The number of nitrogens with one attached hydrogen (secondary N) is 1. The van der Waals surface area contributed by atoms with Gasteiger partial charge in [0, 0.05) is 12.5 Å². The summed E-state index contributed by atoms with van der Waals surface area (Å²) in [6.07, 6.45) is 1.75. The molecular weight excluding hydrogens is 212 g/mol. The minimum atomic E-state index is 0.322. The molecule has 0 saturated heterocycles. The van der Waals surface area contributed by atoms with Gasteiger partial charge in [0.15, 0.2) is 11.0 Å². The van der Waals surface area contributed by atoms with Crippen molar-refractivity contribution in [3.63, 3.8) is 0 Å². The van der Waals surface area contributed by atoms with Crippen molar-refractivity contribution >= 4 is 23.1 Å². The highest BCUT2D eigenvalue weighted by Gasteiger charge is 2.10. The Hall–Kier alpha value is -1.03. The predicted octanol–water partition coefficient (Wildman–Crippen LogP) is 2.49. The number of nitrogen functional groups attached to an aromatic ring is 1. The van der Waals surface area contributed by atoms with Crippen molar-refractivity contribution < 1.29 is 0 Å². The Kier molecular flexibility index (Phi) is 4.15. The quantitative estimate of drug-likeness (QED) is 0.778. The lowest BCUT2D eigenvalue weighted by Gasteiger charge is -2.15. The Labute approximate surface area is 95.3 Å². The van der Waals surface area contributed by atoms with Gasteiger partial charge in [0.05, 0.1) is 0 Å². The second-order valence-corrected chi connectivity index (χ2v) is 3.86. The number of hydrogen-bond donors (Lipinski definition) is 2. The third-order valence-corrected chi connectivity index (χ3v) is 2.55. The molecule has 15 heavy (non-hydrogen) atoms. The van der Waals surface area contributed by atoms with Gasteiger partial charge in [0.25, 0.3) is 0 Å². The molecule has 0 fully saturated rings. The Morgan fingerprint density at radius 3 is 2.60 bits per heavy atom. The first-order valence-corrected chi connectivity index (χ1v) is 5.54. The summed E-state index contributed by atoms with van der Waals surface area (Å²) in [5.74, 6) is 1.35. The van der Waals surface area contributed by atoms with Crippen molar-refractivity contribution in [2.45, 2.75) is 39.7 Å². The normalized spacial score (nSPS) is 12.5. The number of aryl methyl sites for hydroxylation is 1. The summed E-state index contributed by atoms with van der Waals surface area (Å²) in [5.41, 5.74) is 6.21. The molecule has 84 valence electrons. The van der Waals surface area contributed by atoms with E-state index in [2.05, 4.69) is 29.1 Å². The molecule has 1 rings (SSSR count). The summed E-state index contributed by atoms with van der Waals surface area (Å²) < 4.78 is 0. The van der Waals surface area contributed by atoms with E-state index < -0.39 is 0 Å². The molecule has 1 aromatic heterocycles. The van der Waals surface area contributed by atoms with Crippen LogP contribution < -0.4 is 11.1 Å². The zero-order valence-corrected chi connectivity index (χ0v) is 10.1. The van der Waals surface area contributed by atoms with E-state index in [9.17, 15) is 0 Å². The van der Waals surface area contributed by atoms with Crippen LogP contribution in [0.2, 0.25) is 5.15 Å². The molecule has 0 bridgehead atoms. The first-order chi connectivity index (χ1) is 7.08. The third kappa shape index (κ3) is 2.96. The summed E-state index contributed by atoms with van der Waals surface area (Å²) >= 11 is 5.91. The lowest BCUT2D eigenvalue weighted by Crippen LogP contribution is -2.17. The Morgan fingerprint density at radius 2 is 2.07 bits per heavy atom. The second kappa shape index (κ2) is 5.16. The number of nitrogens with two attached hydrogens (primary N) is 1. The van der Waals surface area contributed by atoms with Crippen molar-refractivity contribution in [2.75, 3.05) is 11.1 Å². The maximum atomic E-state index is 5.91. The molecule has 5 heteroatoms. The van der Waals surface area contributed by atoms with Crippen LogP contribution in [-0.4, -0.2) is 16.0 Å². The van der Waals surface area contributed by atoms with E-state index in [0.717, 1.165) is 12.8 Å². The van der Waals surface area contributed by atoms with Crippen molar-refractivity contribution in [1.29, 1.82) is 0 Å². The lowest BCUT2D eigenvalue weighted by atomic mass is 10.2. The van der Waals surface area contributed by atoms with Gasteiger partial charge in [-0.1, -0.05) is 25.4 Å². The second-order valence-electron chi connectivity index (χ2n) is 3.50. The first-order valence-electron chi connectivity index (χ1n) is 5.16. The first kappa shape index (κ1) is 12.0. The summed E-state index contributed by atoms with van der Waals surface area (Å²) in [5, 5.41) is 3.54. The van der Waals surface area contributed by atoms with E-state index in [4.69, 9.17) is 17.3 Å². The van der Waals surface area contributed by atoms with Gasteiger partial charge in [-0.2, -0.15) is 0 Å². The average Bonchev–Trinajstić information content (AvgIpc) is 2.24. The standard InChI is InChI=1S/C10H17ClN4/c1-4-6(3)13-10-8(12)9(11)14-7(5-2)15-10/h6H,4-5,12H2,1-3H3,(H,13,14,15).